The van der Waals surface area contributed by atoms with Gasteiger partial charge >= 0.3 is 0 Å². The lowest BCUT2D eigenvalue weighted by Crippen LogP contribution is -2.54. The van der Waals surface area contributed by atoms with Crippen LogP contribution in [-0.2, 0) is 46.2 Å². The number of aromatic nitrogens is 2. The number of benzene rings is 2. The van der Waals surface area contributed by atoms with Gasteiger partial charge in [0.1, 0.15) is 19.0 Å². The number of anilines is 1. The van der Waals surface area contributed by atoms with Gasteiger partial charge in [0.15, 0.2) is 0 Å². The van der Waals surface area contributed by atoms with Gasteiger partial charge in [-0.3, -0.25) is 39.1 Å². The van der Waals surface area contributed by atoms with Crippen molar-refractivity contribution in [1.29, 1.82) is 5.26 Å². The summed E-state index contributed by atoms with van der Waals surface area (Å²) >= 11 is 0. The highest BCUT2D eigenvalue weighted by Gasteiger charge is 2.45. The van der Waals surface area contributed by atoms with Gasteiger partial charge in [0.2, 0.25) is 17.7 Å². The van der Waals surface area contributed by atoms with E-state index in [1.807, 2.05) is 17.0 Å². The summed E-state index contributed by atoms with van der Waals surface area (Å²) in [4.78, 5) is 77.4. The zero-order chi connectivity index (χ0) is 42.6. The van der Waals surface area contributed by atoms with Gasteiger partial charge in [-0.25, -0.2) is 9.97 Å². The van der Waals surface area contributed by atoms with Crippen molar-refractivity contribution in [3.8, 4) is 6.07 Å². The first-order valence-corrected chi connectivity index (χ1v) is 21.3. The van der Waals surface area contributed by atoms with Crippen LogP contribution in [0.15, 0.2) is 42.7 Å². The van der Waals surface area contributed by atoms with E-state index in [9.17, 15) is 24.0 Å². The lowest BCUT2D eigenvalue weighted by Gasteiger charge is -2.42. The standard InChI is InChI=1S/C44H54N8O9/c45-13-12-31-6-9-33-36(47-29-48-37(33)27-31)26-30-4-7-32(8-5-30)50-15-17-51(18-16-50)40(54)28-61-25-24-60-23-22-59-21-20-58-19-14-46-35-3-1-2-34-41(35)44(57)52(43(34)56)38-10-11-39(53)49-42(38)55/h1-3,6,9,27,29-30,32,38,46H,4-5,7-8,10-12,14-26,28H2,(H,49,53,55). The second kappa shape index (κ2) is 21.4. The van der Waals surface area contributed by atoms with Crippen molar-refractivity contribution in [1.82, 2.24) is 30.0 Å². The minimum atomic E-state index is -1.02. The van der Waals surface area contributed by atoms with Crippen molar-refractivity contribution in [2.24, 2.45) is 5.92 Å². The molecule has 0 spiro atoms. The molecule has 2 saturated heterocycles. The fraction of sp³-hybridized carbons (Fsp3) is 0.545. The molecular weight excluding hydrogens is 785 g/mol. The molecule has 17 nitrogen and oxygen atoms in total. The Bertz CT molecular complexity index is 2090. The molecule has 0 bridgehead atoms. The maximum Gasteiger partial charge on any atom is 0.264 e. The van der Waals surface area contributed by atoms with E-state index < -0.39 is 29.7 Å². The summed E-state index contributed by atoms with van der Waals surface area (Å²) in [6.07, 6.45) is 7.74. The highest BCUT2D eigenvalue weighted by atomic mass is 16.6. The molecule has 1 unspecified atom stereocenters. The molecule has 4 aliphatic rings. The Labute approximate surface area is 355 Å². The van der Waals surface area contributed by atoms with E-state index in [1.54, 1.807) is 24.5 Å². The van der Waals surface area contributed by atoms with Gasteiger partial charge in [0.25, 0.3) is 11.8 Å². The van der Waals surface area contributed by atoms with Crippen LogP contribution in [0, 0.1) is 17.2 Å². The molecule has 3 fully saturated rings. The van der Waals surface area contributed by atoms with Crippen LogP contribution in [0.4, 0.5) is 5.69 Å². The van der Waals surface area contributed by atoms with E-state index in [1.165, 1.54) is 0 Å². The van der Waals surface area contributed by atoms with Gasteiger partial charge in [0.05, 0.1) is 81.1 Å². The number of nitrogens with one attached hydrogen (secondary N) is 2. The van der Waals surface area contributed by atoms with E-state index in [2.05, 4.69) is 37.6 Å². The first-order chi connectivity index (χ1) is 29.8. The van der Waals surface area contributed by atoms with Crippen molar-refractivity contribution >= 4 is 46.1 Å². The fourth-order valence-corrected chi connectivity index (χ4v) is 8.68. The van der Waals surface area contributed by atoms with E-state index in [0.717, 1.165) is 72.3 Å². The smallest absolute Gasteiger partial charge is 0.264 e. The molecule has 7 rings (SSSR count). The molecule has 4 heterocycles. The first kappa shape index (κ1) is 43.7. The molecule has 1 saturated carbocycles. The van der Waals surface area contributed by atoms with Gasteiger partial charge in [-0.05, 0) is 68.2 Å². The molecule has 5 amide bonds. The average Bonchev–Trinajstić information content (AvgIpc) is 3.53. The van der Waals surface area contributed by atoms with Crippen molar-refractivity contribution < 1.29 is 42.9 Å². The van der Waals surface area contributed by atoms with Crippen LogP contribution in [-0.4, -0.2) is 152 Å². The quantitative estimate of drug-likeness (QED) is 0.124. The van der Waals surface area contributed by atoms with Crippen LogP contribution >= 0.6 is 0 Å². The molecule has 0 radical (unpaired) electrons. The molecule has 3 aliphatic heterocycles. The topological polar surface area (TPSA) is 206 Å². The third-order valence-electron chi connectivity index (χ3n) is 11.9. The fourth-order valence-electron chi connectivity index (χ4n) is 8.68. The molecule has 1 atom stereocenters. The molecule has 1 aromatic heterocycles. The number of piperidine rings is 1. The summed E-state index contributed by atoms with van der Waals surface area (Å²) < 4.78 is 22.4. The van der Waals surface area contributed by atoms with Crippen LogP contribution in [0.25, 0.3) is 10.9 Å². The number of nitrogens with zero attached hydrogens (tertiary/aromatic N) is 6. The summed E-state index contributed by atoms with van der Waals surface area (Å²) in [6, 6.07) is 12.7. The van der Waals surface area contributed by atoms with Gasteiger partial charge < -0.3 is 29.2 Å². The highest BCUT2D eigenvalue weighted by molar-refractivity contribution is 6.25. The maximum atomic E-state index is 13.2. The van der Waals surface area contributed by atoms with E-state index in [4.69, 9.17) is 24.2 Å². The number of piperazine rings is 1. The number of nitriles is 1. The van der Waals surface area contributed by atoms with Crippen LogP contribution in [0.5, 0.6) is 0 Å². The van der Waals surface area contributed by atoms with Crippen molar-refractivity contribution in [3.05, 3.63) is 65.1 Å². The molecule has 2 N–H and O–H groups in total. The molecule has 324 valence electrons. The Morgan fingerprint density at radius 2 is 1.56 bits per heavy atom. The molecule has 1 aliphatic carbocycles. The molecule has 61 heavy (non-hydrogen) atoms. The zero-order valence-electron chi connectivity index (χ0n) is 34.5. The van der Waals surface area contributed by atoms with E-state index in [-0.39, 0.29) is 36.5 Å². The van der Waals surface area contributed by atoms with Gasteiger partial charge in [-0.2, -0.15) is 5.26 Å². The van der Waals surface area contributed by atoms with Crippen molar-refractivity contribution in [2.45, 2.75) is 63.5 Å². The van der Waals surface area contributed by atoms with E-state index in [0.29, 0.717) is 90.0 Å². The van der Waals surface area contributed by atoms with Crippen LogP contribution in [0.3, 0.4) is 0 Å². The Kier molecular flexibility index (Phi) is 15.3. The third kappa shape index (κ3) is 11.1. The highest BCUT2D eigenvalue weighted by Crippen LogP contribution is 2.33. The Morgan fingerprint density at radius 3 is 2.28 bits per heavy atom. The van der Waals surface area contributed by atoms with Crippen LogP contribution in [0.1, 0.15) is 70.5 Å². The molecule has 2 aromatic carbocycles. The number of carbonyl (C=O) groups excluding carboxylic acids is 5. The van der Waals surface area contributed by atoms with Crippen LogP contribution in [0.2, 0.25) is 0 Å². The number of amides is 5. The number of hydrogen-bond acceptors (Lipinski definition) is 14. The predicted octanol–water partition coefficient (Wildman–Crippen LogP) is 2.52. The molecular formula is C44H54N8O9. The third-order valence-corrected chi connectivity index (χ3v) is 11.9. The number of fused-ring (bicyclic) bond motifs is 2. The first-order valence-electron chi connectivity index (χ1n) is 21.3. The summed E-state index contributed by atoms with van der Waals surface area (Å²) in [5.41, 5.74) is 3.87. The summed E-state index contributed by atoms with van der Waals surface area (Å²) in [5.74, 6) is -1.59. The van der Waals surface area contributed by atoms with Crippen molar-refractivity contribution in [3.63, 3.8) is 0 Å². The summed E-state index contributed by atoms with van der Waals surface area (Å²) in [7, 11) is 0. The summed E-state index contributed by atoms with van der Waals surface area (Å²) in [5, 5.41) is 15.5. The van der Waals surface area contributed by atoms with E-state index >= 15 is 0 Å². The van der Waals surface area contributed by atoms with Crippen LogP contribution < -0.4 is 10.6 Å². The van der Waals surface area contributed by atoms with Crippen molar-refractivity contribution in [2.75, 3.05) is 90.9 Å². The van der Waals surface area contributed by atoms with Gasteiger partial charge in [-0.15, -0.1) is 0 Å². The second-order valence-electron chi connectivity index (χ2n) is 15.8. The second-order valence-corrected chi connectivity index (χ2v) is 15.8. The Morgan fingerprint density at radius 1 is 0.836 bits per heavy atom. The zero-order valence-corrected chi connectivity index (χ0v) is 34.5. The average molecular weight is 839 g/mol. The minimum absolute atomic E-state index is 0.00593. The maximum absolute atomic E-state index is 13.2. The molecule has 17 heteroatoms. The SMILES string of the molecule is N#CCc1ccc2c(CC3CCC(N4CCN(C(=O)COCCOCCOCCOCCNc5cccc6c5C(=O)N(C5CCC(=O)NC5=O)C6=O)CC4)CC3)ncnc2c1. The monoisotopic (exact) mass is 838 g/mol. The Hall–Kier alpha value is -5.38. The number of rotatable bonds is 20. The van der Waals surface area contributed by atoms with Gasteiger partial charge in [0, 0.05) is 56.3 Å². The van der Waals surface area contributed by atoms with Gasteiger partial charge in [-0.1, -0.05) is 18.2 Å². The number of imide groups is 2. The normalized spacial score (nSPS) is 20.8. The lowest BCUT2D eigenvalue weighted by atomic mass is 9.82. The Balaban J connectivity index is 0.680. The number of ether oxygens (including phenoxy) is 4. The number of carbonyl (C=O) groups is 5. The minimum Gasteiger partial charge on any atom is -0.382 e. The largest absolute Gasteiger partial charge is 0.382 e. The molecule has 3 aromatic rings. The predicted molar refractivity (Wildman–Crippen MR) is 221 cm³/mol. The lowest BCUT2D eigenvalue weighted by molar-refractivity contribution is -0.139. The number of hydrogen-bond donors (Lipinski definition) is 2. The summed E-state index contributed by atoms with van der Waals surface area (Å²) in [6.45, 7) is 6.07.